The SMILES string of the molecule is F[P-](F)(F)(F)(F)N=C=S. The van der Waals surface area contributed by atoms with Gasteiger partial charge in [-0.15, -0.1) is 0 Å². The molecule has 0 aromatic carbocycles. The number of rotatable bonds is 1. The molecule has 56 valence electrons. The zero-order valence-corrected chi connectivity index (χ0v) is 5.40. The first-order chi connectivity index (χ1) is 3.54. The quantitative estimate of drug-likeness (QED) is 0.263. The van der Waals surface area contributed by atoms with Crippen molar-refractivity contribution in [1.29, 1.82) is 0 Å². The molecular weight excluding hydrogens is 184 g/mol. The van der Waals surface area contributed by atoms with Crippen molar-refractivity contribution in [3.63, 3.8) is 0 Å². The molecule has 0 rings (SSSR count). The van der Waals surface area contributed by atoms with E-state index in [1.807, 2.05) is 0 Å². The topological polar surface area (TPSA) is 12.4 Å². The molecule has 0 aliphatic carbocycles. The maximum absolute atomic E-state index is 10.9. The maximum atomic E-state index is 10.9. The van der Waals surface area contributed by atoms with Gasteiger partial charge in [-0.05, 0) is 0 Å². The van der Waals surface area contributed by atoms with Crippen molar-refractivity contribution in [3.8, 4) is 0 Å². The first kappa shape index (κ1) is 8.88. The van der Waals surface area contributed by atoms with Crippen LogP contribution < -0.4 is 0 Å². The summed E-state index contributed by atoms with van der Waals surface area (Å²) in [5.74, 6) is 0. The first-order valence-corrected chi connectivity index (χ1v) is 3.97. The van der Waals surface area contributed by atoms with Gasteiger partial charge in [0.05, 0.1) is 0 Å². The predicted octanol–water partition coefficient (Wildman–Crippen LogP) is 3.52. The van der Waals surface area contributed by atoms with Crippen molar-refractivity contribution in [2.24, 2.45) is 4.76 Å². The van der Waals surface area contributed by atoms with Crippen molar-refractivity contribution >= 4 is 25.0 Å². The Hall–Kier alpha value is -0.120. The normalized spacial score (nSPS) is 19.2. The van der Waals surface area contributed by atoms with E-state index >= 15 is 0 Å². The van der Waals surface area contributed by atoms with Crippen LogP contribution in [0.1, 0.15) is 0 Å². The number of nitrogens with zero attached hydrogens (tertiary/aromatic N) is 1. The summed E-state index contributed by atoms with van der Waals surface area (Å²) in [7, 11) is -9.82. The van der Waals surface area contributed by atoms with Crippen LogP contribution in [0.3, 0.4) is 0 Å². The van der Waals surface area contributed by atoms with Gasteiger partial charge in [-0.25, -0.2) is 0 Å². The third-order valence-electron chi connectivity index (χ3n) is 0.230. The molecule has 0 aliphatic heterocycles. The molecule has 0 atom stereocenters. The number of hydrogen-bond acceptors (Lipinski definition) is 2. The van der Waals surface area contributed by atoms with Gasteiger partial charge in [0, 0.05) is 0 Å². The van der Waals surface area contributed by atoms with Crippen molar-refractivity contribution in [1.82, 2.24) is 0 Å². The standard InChI is InChI=1S/CF5NPS/c2-8(3,4,5,6)7-1-9/q-1. The Morgan fingerprint density at radius 2 is 1.44 bits per heavy atom. The summed E-state index contributed by atoms with van der Waals surface area (Å²) in [6.07, 6.45) is 0. The zero-order valence-electron chi connectivity index (χ0n) is 3.69. The molecule has 0 saturated heterocycles. The fourth-order valence-corrected chi connectivity index (χ4v) is 0.694. The molecule has 0 heterocycles. The third-order valence-corrected chi connectivity index (χ3v) is 0.934. The number of halogens is 5. The van der Waals surface area contributed by atoms with E-state index in [0.717, 1.165) is 4.76 Å². The van der Waals surface area contributed by atoms with Gasteiger partial charge in [0.15, 0.2) is 0 Å². The van der Waals surface area contributed by atoms with Gasteiger partial charge in [0.2, 0.25) is 0 Å². The minimum absolute atomic E-state index is 0.583. The van der Waals surface area contributed by atoms with E-state index in [1.165, 1.54) is 0 Å². The van der Waals surface area contributed by atoms with E-state index in [2.05, 4.69) is 12.2 Å². The molecule has 9 heavy (non-hydrogen) atoms. The molecule has 0 aromatic heterocycles. The molecule has 0 aromatic rings. The summed E-state index contributed by atoms with van der Waals surface area (Å²) in [6.45, 7) is 0. The molecular formula is CF5NPS-. The first-order valence-electron chi connectivity index (χ1n) is 1.47. The molecule has 0 saturated carbocycles. The Balaban J connectivity index is 4.99. The van der Waals surface area contributed by atoms with Crippen molar-refractivity contribution in [2.75, 3.05) is 0 Å². The van der Waals surface area contributed by atoms with E-state index in [9.17, 15) is 21.0 Å². The average Bonchev–Trinajstić information content (AvgIpc) is 1.22. The van der Waals surface area contributed by atoms with Gasteiger partial charge in [-0.3, -0.25) is 0 Å². The molecule has 0 bridgehead atoms. The van der Waals surface area contributed by atoms with Gasteiger partial charge < -0.3 is 0 Å². The molecule has 0 amide bonds. The summed E-state index contributed by atoms with van der Waals surface area (Å²) in [4.78, 5) is 0. The van der Waals surface area contributed by atoms with Gasteiger partial charge >= 0.3 is 50.8 Å². The summed E-state index contributed by atoms with van der Waals surface area (Å²) in [5, 5.41) is 0.583. The van der Waals surface area contributed by atoms with E-state index in [4.69, 9.17) is 0 Å². The van der Waals surface area contributed by atoms with E-state index in [1.54, 1.807) is 0 Å². The summed E-state index contributed by atoms with van der Waals surface area (Å²) in [5.41, 5.74) is 0. The van der Waals surface area contributed by atoms with Crippen molar-refractivity contribution < 1.29 is 21.0 Å². The van der Waals surface area contributed by atoms with Crippen LogP contribution in [0.15, 0.2) is 4.76 Å². The molecule has 8 heteroatoms. The molecule has 0 radical (unpaired) electrons. The molecule has 0 N–H and O–H groups in total. The Morgan fingerprint density at radius 3 is 1.44 bits per heavy atom. The van der Waals surface area contributed by atoms with Gasteiger partial charge in [-0.1, -0.05) is 0 Å². The Bertz CT molecular complexity index is 170. The Labute approximate surface area is 51.7 Å². The molecule has 1 nitrogen and oxygen atoms in total. The van der Waals surface area contributed by atoms with E-state index in [-0.39, 0.29) is 0 Å². The molecule has 0 aliphatic rings. The second kappa shape index (κ2) is 1.31. The molecule has 0 fully saturated rings. The minimum atomic E-state index is -9.82. The number of isothiocyanates is 1. The second-order valence-electron chi connectivity index (χ2n) is 1.21. The molecule has 0 unspecified atom stereocenters. The Kier molecular flexibility index (Phi) is 1.29. The van der Waals surface area contributed by atoms with Gasteiger partial charge in [-0.2, -0.15) is 0 Å². The van der Waals surface area contributed by atoms with E-state index in [0.29, 0.717) is 5.16 Å². The molecule has 0 spiro atoms. The summed E-state index contributed by atoms with van der Waals surface area (Å²) in [6, 6.07) is 0. The second-order valence-corrected chi connectivity index (χ2v) is 3.62. The van der Waals surface area contributed by atoms with Gasteiger partial charge in [0.25, 0.3) is 0 Å². The fraction of sp³-hybridized carbons (Fsp3) is 0. The zero-order chi connectivity index (χ0) is 7.82. The Morgan fingerprint density at radius 1 is 1.11 bits per heavy atom. The average molecular weight is 184 g/mol. The van der Waals surface area contributed by atoms with Crippen LogP contribution in [0.2, 0.25) is 0 Å². The number of thiocarbonyl (C=S) groups is 1. The van der Waals surface area contributed by atoms with Crippen LogP contribution in [-0.2, 0) is 0 Å². The number of hydrogen-bond donors (Lipinski definition) is 0. The summed E-state index contributed by atoms with van der Waals surface area (Å²) >= 11 is 3.36. The van der Waals surface area contributed by atoms with E-state index < -0.39 is 7.65 Å². The van der Waals surface area contributed by atoms with Crippen LogP contribution in [-0.4, -0.2) is 5.16 Å². The van der Waals surface area contributed by atoms with Crippen molar-refractivity contribution in [2.45, 2.75) is 0 Å². The monoisotopic (exact) mass is 184 g/mol. The summed E-state index contributed by atoms with van der Waals surface area (Å²) < 4.78 is 55.6. The fourth-order valence-electron chi connectivity index (χ4n) is 0.0772. The van der Waals surface area contributed by atoms with Crippen LogP contribution in [0, 0.1) is 0 Å². The van der Waals surface area contributed by atoms with Crippen molar-refractivity contribution in [3.05, 3.63) is 0 Å². The van der Waals surface area contributed by atoms with Crippen LogP contribution in [0.5, 0.6) is 0 Å². The third kappa shape index (κ3) is 7.88. The van der Waals surface area contributed by atoms with Crippen LogP contribution >= 0.6 is 19.9 Å². The predicted molar refractivity (Wildman–Crippen MR) is 27.5 cm³/mol. The van der Waals surface area contributed by atoms with Crippen LogP contribution in [0.4, 0.5) is 21.0 Å². The van der Waals surface area contributed by atoms with Crippen LogP contribution in [0.25, 0.3) is 0 Å². The van der Waals surface area contributed by atoms with Gasteiger partial charge in [0.1, 0.15) is 0 Å².